The molecule has 1 aliphatic heterocycles. The molecule has 18 heteroatoms. The molecule has 1 saturated heterocycles. The lowest BCUT2D eigenvalue weighted by molar-refractivity contribution is -0.147. The van der Waals surface area contributed by atoms with Crippen molar-refractivity contribution < 1.29 is 37.0 Å². The van der Waals surface area contributed by atoms with Crippen LogP contribution in [0.4, 0.5) is 29.1 Å². The topological polar surface area (TPSA) is 161 Å². The minimum Gasteiger partial charge on any atom is -0.504 e. The quantitative estimate of drug-likeness (QED) is 0.249. The van der Waals surface area contributed by atoms with Crippen molar-refractivity contribution in [1.82, 2.24) is 24.0 Å². The fraction of sp³-hybridized carbons (Fsp3) is 0.345. The van der Waals surface area contributed by atoms with Gasteiger partial charge in [-0.2, -0.15) is 13.2 Å². The van der Waals surface area contributed by atoms with Gasteiger partial charge in [0.1, 0.15) is 18.0 Å². The van der Waals surface area contributed by atoms with E-state index in [0.717, 1.165) is 44.1 Å². The normalized spacial score (nSPS) is 15.7. The third-order valence-corrected chi connectivity index (χ3v) is 8.16. The zero-order chi connectivity index (χ0) is 34.5. The number of pyridine rings is 1. The lowest BCUT2D eigenvalue weighted by Gasteiger charge is -2.39. The molecule has 13 nitrogen and oxygen atoms in total. The maximum Gasteiger partial charge on any atom is 0.449 e. The summed E-state index contributed by atoms with van der Waals surface area (Å²) in [5.41, 5.74) is 2.21. The van der Waals surface area contributed by atoms with Crippen LogP contribution in [0.5, 0.6) is 11.5 Å². The van der Waals surface area contributed by atoms with Crippen LogP contribution in [0, 0.1) is 5.82 Å². The SMILES string of the molecule is COc1c(O)c(C(N)=O)cc(-c2cn(CC(=O)Nc3cc(N4CCN(C)C[C@@H]4C)ncc3Cl)c3nc(C(F)(F)F)n(C)c(=O)c23)c1F. The summed E-state index contributed by atoms with van der Waals surface area (Å²) < 4.78 is 63.5. The molecule has 47 heavy (non-hydrogen) atoms. The van der Waals surface area contributed by atoms with Crippen molar-refractivity contribution in [2.75, 3.05) is 44.0 Å². The number of carbonyl (C=O) groups excluding carboxylic acids is 2. The highest BCUT2D eigenvalue weighted by Gasteiger charge is 2.38. The van der Waals surface area contributed by atoms with E-state index in [0.29, 0.717) is 12.4 Å². The number of fused-ring (bicyclic) bond motifs is 1. The number of ether oxygens (including phenoxy) is 1. The third-order valence-electron chi connectivity index (χ3n) is 7.86. The summed E-state index contributed by atoms with van der Waals surface area (Å²) in [6, 6.07) is 2.49. The van der Waals surface area contributed by atoms with Gasteiger partial charge in [-0.05, 0) is 20.0 Å². The Balaban J connectivity index is 1.62. The molecule has 1 aliphatic rings. The number of rotatable bonds is 7. The number of hydrogen-bond donors (Lipinski definition) is 3. The van der Waals surface area contributed by atoms with E-state index in [-0.39, 0.29) is 26.9 Å². The molecule has 0 radical (unpaired) electrons. The van der Waals surface area contributed by atoms with Gasteiger partial charge in [0.05, 0.1) is 35.0 Å². The number of amides is 2. The molecule has 0 spiro atoms. The van der Waals surface area contributed by atoms with Crippen molar-refractivity contribution in [2.45, 2.75) is 25.7 Å². The van der Waals surface area contributed by atoms with E-state index in [1.165, 1.54) is 6.20 Å². The highest BCUT2D eigenvalue weighted by Crippen LogP contribution is 2.41. The Morgan fingerprint density at radius 3 is 2.53 bits per heavy atom. The second-order valence-electron chi connectivity index (χ2n) is 11.1. The molecule has 4 heterocycles. The standard InChI is InChI=1S/C29H29ClF4N8O5/c1-13-10-39(2)5-6-42(13)19-8-18(17(30)9-36-19)37-20(43)12-41-11-16(14-7-15(25(35)45)23(44)24(47-4)22(14)31)21-26(41)38-28(29(32,33)34)40(3)27(21)46/h7-9,11,13,44H,5-6,10,12H2,1-4H3,(H2,35,45)(H,36,37,43)/t13-/m0/s1. The van der Waals surface area contributed by atoms with Crippen molar-refractivity contribution in [1.29, 1.82) is 0 Å². The van der Waals surface area contributed by atoms with Gasteiger partial charge >= 0.3 is 6.18 Å². The predicted molar refractivity (Wildman–Crippen MR) is 164 cm³/mol. The summed E-state index contributed by atoms with van der Waals surface area (Å²) >= 11 is 6.33. The van der Waals surface area contributed by atoms with Gasteiger partial charge in [0, 0.05) is 56.1 Å². The Labute approximate surface area is 269 Å². The number of phenols is 1. The number of aromatic nitrogens is 4. The lowest BCUT2D eigenvalue weighted by Crippen LogP contribution is -2.50. The number of likely N-dealkylation sites (N-methyl/N-ethyl adjacent to an activating group) is 1. The molecule has 2 amide bonds. The summed E-state index contributed by atoms with van der Waals surface area (Å²) in [7, 11) is 3.82. The summed E-state index contributed by atoms with van der Waals surface area (Å²) in [6.07, 6.45) is -2.68. The lowest BCUT2D eigenvalue weighted by atomic mass is 10.0. The van der Waals surface area contributed by atoms with Gasteiger partial charge in [-0.1, -0.05) is 11.6 Å². The van der Waals surface area contributed by atoms with Crippen LogP contribution < -0.4 is 26.2 Å². The first kappa shape index (κ1) is 33.5. The molecule has 0 saturated carbocycles. The molecule has 0 bridgehead atoms. The van der Waals surface area contributed by atoms with Gasteiger partial charge in [0.25, 0.3) is 11.5 Å². The van der Waals surface area contributed by atoms with Crippen LogP contribution in [-0.2, 0) is 24.6 Å². The minimum absolute atomic E-state index is 0.0885. The summed E-state index contributed by atoms with van der Waals surface area (Å²) in [4.78, 5) is 51.0. The van der Waals surface area contributed by atoms with Crippen molar-refractivity contribution >= 4 is 46.0 Å². The molecule has 0 aliphatic carbocycles. The van der Waals surface area contributed by atoms with E-state index in [4.69, 9.17) is 22.1 Å². The van der Waals surface area contributed by atoms with Gasteiger partial charge in [-0.3, -0.25) is 19.0 Å². The second-order valence-corrected chi connectivity index (χ2v) is 11.5. The molecule has 1 fully saturated rings. The van der Waals surface area contributed by atoms with E-state index in [9.17, 15) is 32.7 Å². The van der Waals surface area contributed by atoms with Crippen molar-refractivity contribution in [3.05, 3.63) is 57.1 Å². The highest BCUT2D eigenvalue weighted by atomic mass is 35.5. The Kier molecular flexibility index (Phi) is 8.81. The number of primary amides is 1. The fourth-order valence-corrected chi connectivity index (χ4v) is 5.74. The number of halogens is 5. The molecule has 3 aromatic heterocycles. The number of carbonyl (C=O) groups is 2. The number of methoxy groups -OCH3 is 1. The first-order chi connectivity index (χ1) is 22.0. The van der Waals surface area contributed by atoms with Crippen LogP contribution in [0.2, 0.25) is 5.02 Å². The zero-order valence-corrected chi connectivity index (χ0v) is 26.2. The number of aromatic hydroxyl groups is 1. The molecular formula is C29H29ClF4N8O5. The maximum atomic E-state index is 15.7. The number of piperazine rings is 1. The smallest absolute Gasteiger partial charge is 0.449 e. The number of nitrogens with two attached hydrogens (primary N) is 1. The number of benzene rings is 1. The Bertz CT molecular complexity index is 1980. The number of hydrogen-bond acceptors (Lipinski definition) is 9. The van der Waals surface area contributed by atoms with E-state index in [1.54, 1.807) is 6.07 Å². The third kappa shape index (κ3) is 6.15. The molecule has 1 atom stereocenters. The average molecular weight is 681 g/mol. The first-order valence-corrected chi connectivity index (χ1v) is 14.4. The Hall–Kier alpha value is -4.90. The van der Waals surface area contributed by atoms with E-state index in [1.807, 2.05) is 18.9 Å². The van der Waals surface area contributed by atoms with Gasteiger partial charge < -0.3 is 35.3 Å². The van der Waals surface area contributed by atoms with E-state index < -0.39 is 75.4 Å². The molecule has 250 valence electrons. The predicted octanol–water partition coefficient (Wildman–Crippen LogP) is 3.20. The van der Waals surface area contributed by atoms with Crippen LogP contribution in [0.1, 0.15) is 23.1 Å². The van der Waals surface area contributed by atoms with Crippen molar-refractivity contribution in [3.63, 3.8) is 0 Å². The van der Waals surface area contributed by atoms with Crippen LogP contribution in [0.3, 0.4) is 0 Å². The van der Waals surface area contributed by atoms with E-state index in [2.05, 4.69) is 20.2 Å². The highest BCUT2D eigenvalue weighted by molar-refractivity contribution is 6.33. The Morgan fingerprint density at radius 1 is 1.21 bits per heavy atom. The summed E-state index contributed by atoms with van der Waals surface area (Å²) in [5, 5.41) is 12.5. The summed E-state index contributed by atoms with van der Waals surface area (Å²) in [6.45, 7) is 3.53. The van der Waals surface area contributed by atoms with Gasteiger partial charge in [0.15, 0.2) is 17.3 Å². The summed E-state index contributed by atoms with van der Waals surface area (Å²) in [5.74, 6) is -5.98. The number of alkyl halides is 3. The molecule has 4 N–H and O–H groups in total. The number of nitrogens with zero attached hydrogens (tertiary/aromatic N) is 6. The van der Waals surface area contributed by atoms with Gasteiger partial charge in [-0.25, -0.2) is 14.4 Å². The van der Waals surface area contributed by atoms with Crippen LogP contribution in [0.25, 0.3) is 22.2 Å². The average Bonchev–Trinajstić information content (AvgIpc) is 3.33. The minimum atomic E-state index is -5.08. The molecule has 4 aromatic rings. The zero-order valence-electron chi connectivity index (χ0n) is 25.4. The van der Waals surface area contributed by atoms with Crippen molar-refractivity contribution in [2.24, 2.45) is 12.8 Å². The molecule has 1 aromatic carbocycles. The number of nitrogens with one attached hydrogen (secondary N) is 1. The molecule has 5 rings (SSSR count). The second kappa shape index (κ2) is 12.4. The van der Waals surface area contributed by atoms with Crippen LogP contribution in [-0.4, -0.2) is 80.8 Å². The molecular weight excluding hydrogens is 652 g/mol. The van der Waals surface area contributed by atoms with Crippen LogP contribution in [0.15, 0.2) is 29.3 Å². The van der Waals surface area contributed by atoms with Gasteiger partial charge in [0.2, 0.25) is 11.7 Å². The van der Waals surface area contributed by atoms with Gasteiger partial charge in [-0.15, -0.1) is 0 Å². The molecule has 0 unspecified atom stereocenters. The van der Waals surface area contributed by atoms with Crippen LogP contribution >= 0.6 is 11.6 Å². The fourth-order valence-electron chi connectivity index (χ4n) is 5.59. The van der Waals surface area contributed by atoms with Crippen molar-refractivity contribution in [3.8, 4) is 22.6 Å². The first-order valence-electron chi connectivity index (χ1n) is 14.0. The monoisotopic (exact) mass is 680 g/mol. The Morgan fingerprint density at radius 2 is 1.91 bits per heavy atom. The number of anilines is 2. The maximum absolute atomic E-state index is 15.7. The largest absolute Gasteiger partial charge is 0.504 e. The van der Waals surface area contributed by atoms with E-state index >= 15 is 4.39 Å².